The van der Waals surface area contributed by atoms with Crippen molar-refractivity contribution in [2.24, 2.45) is 0 Å². The average molecular weight is 389 g/mol. The summed E-state index contributed by atoms with van der Waals surface area (Å²) in [5.74, 6) is 0.218. The topological polar surface area (TPSA) is 65.6 Å². The molecule has 0 spiro atoms. The van der Waals surface area contributed by atoms with Gasteiger partial charge in [0, 0.05) is 47.5 Å². The van der Waals surface area contributed by atoms with Gasteiger partial charge in [-0.2, -0.15) is 13.2 Å². The maximum Gasteiger partial charge on any atom is 0.419 e. The van der Waals surface area contributed by atoms with Crippen LogP contribution in [0, 0.1) is 0 Å². The van der Waals surface area contributed by atoms with Crippen LogP contribution in [0.25, 0.3) is 22.2 Å². The maximum atomic E-state index is 13.6. The summed E-state index contributed by atoms with van der Waals surface area (Å²) in [5, 5.41) is 7.33. The number of aromatic amines is 1. The Bertz CT molecular complexity index is 958. The zero-order valence-electron chi connectivity index (χ0n) is 15.5. The van der Waals surface area contributed by atoms with Gasteiger partial charge in [-0.1, -0.05) is 25.1 Å². The van der Waals surface area contributed by atoms with E-state index in [-0.39, 0.29) is 17.7 Å². The van der Waals surface area contributed by atoms with Gasteiger partial charge in [-0.05, 0) is 25.3 Å². The fourth-order valence-electron chi connectivity index (χ4n) is 3.70. The fraction of sp³-hybridized carbons (Fsp3) is 0.400. The number of piperidine rings is 1. The molecule has 2 atom stereocenters. The minimum absolute atomic E-state index is 0.0929. The molecule has 1 aromatic carbocycles. The summed E-state index contributed by atoms with van der Waals surface area (Å²) in [6.45, 7) is 2.88. The highest BCUT2D eigenvalue weighted by Gasteiger charge is 2.36. The van der Waals surface area contributed by atoms with Gasteiger partial charge in [-0.25, -0.2) is 9.97 Å². The Morgan fingerprint density at radius 1 is 1.21 bits per heavy atom. The van der Waals surface area contributed by atoms with Crippen LogP contribution < -0.4 is 10.6 Å². The third-order valence-electron chi connectivity index (χ3n) is 5.28. The Balaban J connectivity index is 1.69. The van der Waals surface area contributed by atoms with Gasteiger partial charge in [0.05, 0.1) is 5.69 Å². The number of alkyl halides is 3. The third kappa shape index (κ3) is 3.69. The van der Waals surface area contributed by atoms with Crippen LogP contribution in [0.5, 0.6) is 0 Å². The molecule has 28 heavy (non-hydrogen) atoms. The Hall–Kier alpha value is -2.61. The summed E-state index contributed by atoms with van der Waals surface area (Å²) in [6, 6.07) is 7.82. The third-order valence-corrected chi connectivity index (χ3v) is 5.28. The van der Waals surface area contributed by atoms with Crippen molar-refractivity contribution < 1.29 is 13.2 Å². The van der Waals surface area contributed by atoms with Crippen LogP contribution in [0.4, 0.5) is 19.1 Å². The van der Waals surface area contributed by atoms with Gasteiger partial charge in [-0.3, -0.25) is 0 Å². The molecule has 3 aromatic rings. The number of halogens is 3. The number of hydrogen-bond acceptors (Lipinski definition) is 4. The maximum absolute atomic E-state index is 13.6. The number of rotatable bonds is 4. The van der Waals surface area contributed by atoms with E-state index in [9.17, 15) is 13.2 Å². The average Bonchev–Trinajstić information content (AvgIpc) is 3.12. The first-order valence-electron chi connectivity index (χ1n) is 9.46. The number of H-pyrrole nitrogens is 1. The Morgan fingerprint density at radius 2 is 2.04 bits per heavy atom. The van der Waals surface area contributed by atoms with Gasteiger partial charge in [0.1, 0.15) is 5.56 Å². The molecule has 0 bridgehead atoms. The van der Waals surface area contributed by atoms with E-state index >= 15 is 0 Å². The summed E-state index contributed by atoms with van der Waals surface area (Å²) in [7, 11) is 0. The van der Waals surface area contributed by atoms with Crippen LogP contribution in [0.2, 0.25) is 0 Å². The molecule has 0 amide bonds. The minimum atomic E-state index is -4.53. The van der Waals surface area contributed by atoms with Crippen LogP contribution in [0.3, 0.4) is 0 Å². The van der Waals surface area contributed by atoms with E-state index in [1.54, 1.807) is 18.3 Å². The highest BCUT2D eigenvalue weighted by Crippen LogP contribution is 2.38. The molecule has 0 aliphatic carbocycles. The molecule has 3 heterocycles. The second-order valence-electron chi connectivity index (χ2n) is 7.13. The second kappa shape index (κ2) is 7.43. The summed E-state index contributed by atoms with van der Waals surface area (Å²) in [5.41, 5.74) is 0.232. The highest BCUT2D eigenvalue weighted by atomic mass is 19.4. The van der Waals surface area contributed by atoms with Gasteiger partial charge in [-0.15, -0.1) is 0 Å². The number of nitrogens with zero attached hydrogens (tertiary/aromatic N) is 2. The molecule has 1 aliphatic heterocycles. The van der Waals surface area contributed by atoms with Crippen LogP contribution >= 0.6 is 0 Å². The molecular weight excluding hydrogens is 367 g/mol. The van der Waals surface area contributed by atoms with Crippen molar-refractivity contribution >= 4 is 16.9 Å². The van der Waals surface area contributed by atoms with Crippen LogP contribution in [-0.2, 0) is 6.18 Å². The number of nitrogens with one attached hydrogen (secondary N) is 3. The molecule has 2 aromatic heterocycles. The first-order valence-corrected chi connectivity index (χ1v) is 9.46. The normalized spacial score (nSPS) is 20.4. The number of benzene rings is 1. The molecule has 0 unspecified atom stereocenters. The van der Waals surface area contributed by atoms with E-state index in [0.717, 1.165) is 37.5 Å². The lowest BCUT2D eigenvalue weighted by Crippen LogP contribution is -2.44. The summed E-state index contributed by atoms with van der Waals surface area (Å²) in [4.78, 5) is 11.2. The predicted octanol–water partition coefficient (Wildman–Crippen LogP) is 4.59. The van der Waals surface area contributed by atoms with E-state index in [2.05, 4.69) is 32.5 Å². The monoisotopic (exact) mass is 389 g/mol. The second-order valence-corrected chi connectivity index (χ2v) is 7.13. The van der Waals surface area contributed by atoms with E-state index in [4.69, 9.17) is 0 Å². The molecule has 4 rings (SSSR count). The van der Waals surface area contributed by atoms with E-state index in [0.29, 0.717) is 17.0 Å². The molecule has 1 fully saturated rings. The van der Waals surface area contributed by atoms with E-state index in [1.165, 1.54) is 0 Å². The summed E-state index contributed by atoms with van der Waals surface area (Å²) >= 11 is 0. The molecule has 1 aliphatic rings. The number of fused-ring (bicyclic) bond motifs is 1. The van der Waals surface area contributed by atoms with Crippen molar-refractivity contribution in [3.8, 4) is 11.3 Å². The van der Waals surface area contributed by atoms with Crippen LogP contribution in [-0.4, -0.2) is 33.6 Å². The van der Waals surface area contributed by atoms with Crippen molar-refractivity contribution in [1.29, 1.82) is 0 Å². The SMILES string of the molecule is CC[C@H]1CC[C@H](Nc2ncc(C(F)(F)F)c(-c3c[nH]c4ccccc34)n2)CN1. The van der Waals surface area contributed by atoms with E-state index < -0.39 is 11.7 Å². The molecule has 0 radical (unpaired) electrons. The van der Waals surface area contributed by atoms with Crippen molar-refractivity contribution in [1.82, 2.24) is 20.3 Å². The lowest BCUT2D eigenvalue weighted by molar-refractivity contribution is -0.137. The molecule has 148 valence electrons. The predicted molar refractivity (Wildman–Crippen MR) is 103 cm³/mol. The lowest BCUT2D eigenvalue weighted by Gasteiger charge is -2.30. The lowest BCUT2D eigenvalue weighted by atomic mass is 9.99. The molecule has 1 saturated heterocycles. The van der Waals surface area contributed by atoms with Crippen LogP contribution in [0.15, 0.2) is 36.7 Å². The van der Waals surface area contributed by atoms with Crippen LogP contribution in [0.1, 0.15) is 31.7 Å². The molecule has 3 N–H and O–H groups in total. The number of para-hydroxylation sites is 1. The summed E-state index contributed by atoms with van der Waals surface area (Å²) in [6.07, 6.45) is 0.918. The van der Waals surface area contributed by atoms with Crippen molar-refractivity contribution in [2.45, 2.75) is 44.4 Å². The van der Waals surface area contributed by atoms with Crippen molar-refractivity contribution in [3.05, 3.63) is 42.2 Å². The number of anilines is 1. The zero-order valence-corrected chi connectivity index (χ0v) is 15.5. The quantitative estimate of drug-likeness (QED) is 0.611. The fourth-order valence-corrected chi connectivity index (χ4v) is 3.70. The molecular formula is C20H22F3N5. The smallest absolute Gasteiger partial charge is 0.360 e. The van der Waals surface area contributed by atoms with Crippen molar-refractivity contribution in [2.75, 3.05) is 11.9 Å². The van der Waals surface area contributed by atoms with E-state index in [1.807, 2.05) is 12.1 Å². The first-order chi connectivity index (χ1) is 13.5. The molecule has 8 heteroatoms. The largest absolute Gasteiger partial charge is 0.419 e. The number of aromatic nitrogens is 3. The first kappa shape index (κ1) is 18.7. The van der Waals surface area contributed by atoms with Gasteiger partial charge in [0.2, 0.25) is 5.95 Å². The minimum Gasteiger partial charge on any atom is -0.360 e. The van der Waals surface area contributed by atoms with Gasteiger partial charge < -0.3 is 15.6 Å². The number of hydrogen-bond donors (Lipinski definition) is 3. The van der Waals surface area contributed by atoms with Gasteiger partial charge >= 0.3 is 6.18 Å². The highest BCUT2D eigenvalue weighted by molar-refractivity contribution is 5.95. The van der Waals surface area contributed by atoms with Crippen molar-refractivity contribution in [3.63, 3.8) is 0 Å². The zero-order chi connectivity index (χ0) is 19.7. The summed E-state index contributed by atoms with van der Waals surface area (Å²) < 4.78 is 40.8. The Labute approximate surface area is 160 Å². The molecule has 5 nitrogen and oxygen atoms in total. The van der Waals surface area contributed by atoms with Gasteiger partial charge in [0.15, 0.2) is 0 Å². The standard InChI is InChI=1S/C20H22F3N5/c1-2-12-7-8-13(9-24-12)27-19-26-11-16(20(21,22)23)18(28-19)15-10-25-17-6-4-3-5-14(15)17/h3-6,10-13,24-25H,2,7-9H2,1H3,(H,26,27,28)/t12-,13-/m0/s1. The molecule has 0 saturated carbocycles. The van der Waals surface area contributed by atoms with Gasteiger partial charge in [0.25, 0.3) is 0 Å². The Morgan fingerprint density at radius 3 is 2.75 bits per heavy atom. The Kier molecular flexibility index (Phi) is 4.97.